The second-order valence-electron chi connectivity index (χ2n) is 9.04. The summed E-state index contributed by atoms with van der Waals surface area (Å²) in [5.74, 6) is -1.37. The molecular formula is C18H28N6O16P2. The first-order valence-electron chi connectivity index (χ1n) is 11.8. The Morgan fingerprint density at radius 2 is 1.57 bits per heavy atom. The molecule has 2 fully saturated rings. The number of imidazole rings is 1. The molecule has 24 heteroatoms. The van der Waals surface area contributed by atoms with E-state index in [0.29, 0.717) is 0 Å². The molecule has 4 heterocycles. The van der Waals surface area contributed by atoms with Gasteiger partial charge in [0.2, 0.25) is 0 Å². The molecule has 22 nitrogen and oxygen atoms in total. The van der Waals surface area contributed by atoms with Gasteiger partial charge in [-0.05, 0) is 0 Å². The minimum atomic E-state index is -5.39. The molecule has 2 unspecified atom stereocenters. The number of nitrogens with two attached hydrogens (primary N) is 2. The molecule has 11 N–H and O–H groups in total. The van der Waals surface area contributed by atoms with Crippen molar-refractivity contribution in [3.05, 3.63) is 12.7 Å². The number of carbonyl (C=O) groups is 1. The molecule has 4 rings (SSSR count). The summed E-state index contributed by atoms with van der Waals surface area (Å²) in [7, 11) is -10.8. The molecule has 0 radical (unpaired) electrons. The highest BCUT2D eigenvalue weighted by molar-refractivity contribution is 7.61. The first-order valence-corrected chi connectivity index (χ1v) is 14.8. The van der Waals surface area contributed by atoms with E-state index in [2.05, 4.69) is 28.3 Å². The minimum Gasteiger partial charge on any atom is -0.480 e. The van der Waals surface area contributed by atoms with Gasteiger partial charge in [0.25, 0.3) is 0 Å². The van der Waals surface area contributed by atoms with Gasteiger partial charge in [0.1, 0.15) is 54.5 Å². The Morgan fingerprint density at radius 3 is 2.19 bits per heavy atom. The van der Waals surface area contributed by atoms with E-state index in [0.717, 1.165) is 6.33 Å². The number of nitrogens with zero attached hydrogens (tertiary/aromatic N) is 4. The van der Waals surface area contributed by atoms with Gasteiger partial charge in [0, 0.05) is 0 Å². The van der Waals surface area contributed by atoms with E-state index in [-0.39, 0.29) is 17.0 Å². The summed E-state index contributed by atoms with van der Waals surface area (Å²) in [5.41, 5.74) is 11.3. The summed E-state index contributed by atoms with van der Waals surface area (Å²) in [6.07, 6.45) is -10.2. The zero-order chi connectivity index (χ0) is 31.0. The van der Waals surface area contributed by atoms with Gasteiger partial charge in [-0.3, -0.25) is 18.4 Å². The highest BCUT2D eigenvalue weighted by Crippen LogP contribution is 2.60. The van der Waals surface area contributed by atoms with E-state index in [4.69, 9.17) is 30.8 Å². The lowest BCUT2D eigenvalue weighted by Crippen LogP contribution is -2.39. The maximum absolute atomic E-state index is 12.3. The third-order valence-electron chi connectivity index (χ3n) is 6.08. The molecule has 0 saturated carbocycles. The first kappa shape index (κ1) is 32.7. The van der Waals surface area contributed by atoms with E-state index in [1.54, 1.807) is 0 Å². The van der Waals surface area contributed by atoms with Gasteiger partial charge in [-0.25, -0.2) is 24.1 Å². The maximum Gasteiger partial charge on any atom is 0.481 e. The van der Waals surface area contributed by atoms with Gasteiger partial charge < -0.3 is 61.0 Å². The van der Waals surface area contributed by atoms with Crippen LogP contribution >= 0.6 is 15.6 Å². The van der Waals surface area contributed by atoms with Crippen molar-refractivity contribution in [2.75, 3.05) is 25.6 Å². The fourth-order valence-corrected chi connectivity index (χ4v) is 6.02. The Kier molecular flexibility index (Phi) is 9.94. The molecule has 2 saturated heterocycles. The van der Waals surface area contributed by atoms with Crippen LogP contribution in [0.2, 0.25) is 0 Å². The molecule has 2 aromatic heterocycles. The predicted octanol–water partition coefficient (Wildman–Crippen LogP) is -3.85. The number of hydrogen-bond donors (Lipinski definition) is 9. The lowest BCUT2D eigenvalue weighted by atomic mass is 10.1. The second kappa shape index (κ2) is 12.8. The van der Waals surface area contributed by atoms with Crippen LogP contribution < -0.4 is 11.5 Å². The van der Waals surface area contributed by atoms with Gasteiger partial charge in [0.05, 0.1) is 26.1 Å². The molecule has 236 valence electrons. The Labute approximate surface area is 234 Å². The van der Waals surface area contributed by atoms with E-state index < -0.39 is 96.6 Å². The molecule has 2 aliphatic heterocycles. The van der Waals surface area contributed by atoms with Crippen LogP contribution in [0.25, 0.3) is 11.2 Å². The first-order chi connectivity index (χ1) is 19.6. The summed E-state index contributed by atoms with van der Waals surface area (Å²) in [5, 5.41) is 49.6. The molecule has 0 aliphatic carbocycles. The third-order valence-corrected chi connectivity index (χ3v) is 8.69. The molecular weight excluding hydrogens is 618 g/mol. The van der Waals surface area contributed by atoms with Crippen molar-refractivity contribution in [2.45, 2.75) is 55.2 Å². The van der Waals surface area contributed by atoms with Crippen molar-refractivity contribution in [1.29, 1.82) is 0 Å². The van der Waals surface area contributed by atoms with Crippen molar-refractivity contribution in [3.63, 3.8) is 0 Å². The van der Waals surface area contributed by atoms with Crippen molar-refractivity contribution < 1.29 is 76.8 Å². The Hall–Kier alpha value is -2.24. The number of hydrogen-bond acceptors (Lipinski definition) is 18. The van der Waals surface area contributed by atoms with Crippen LogP contribution in [0.5, 0.6) is 0 Å². The number of phosphoric acid groups is 2. The number of phosphoric ester groups is 2. The van der Waals surface area contributed by atoms with Gasteiger partial charge in [-0.1, -0.05) is 0 Å². The lowest BCUT2D eigenvalue weighted by Gasteiger charge is -2.20. The summed E-state index contributed by atoms with van der Waals surface area (Å²) < 4.78 is 54.8. The van der Waals surface area contributed by atoms with E-state index >= 15 is 0 Å². The third kappa shape index (κ3) is 7.27. The standard InChI is InChI=1S/C18H28N6O16P2/c19-6(17(29)30)1-35-18-13(28)11(26)8(39-18)3-37-42(33,34)40-41(31,32)36-2-7-10(25)12(27)16(38-7)24-5-23-9-14(20)21-4-22-15(9)24/h4-8,10-13,16,18,25-28H,1-3,19H2,(H,29,30)(H,31,32)(H,33,34)(H2,20,21,22)/t6-,7+,8+,10+,11+,12+,13+,16+,18-/m0/s1. The second-order valence-corrected chi connectivity index (χ2v) is 12.1. The molecule has 2 aliphatic rings. The summed E-state index contributed by atoms with van der Waals surface area (Å²) in [6.45, 7) is -2.49. The number of aromatic nitrogens is 4. The summed E-state index contributed by atoms with van der Waals surface area (Å²) >= 11 is 0. The predicted molar refractivity (Wildman–Crippen MR) is 131 cm³/mol. The number of ether oxygens (including phenoxy) is 3. The van der Waals surface area contributed by atoms with Crippen molar-refractivity contribution in [2.24, 2.45) is 5.73 Å². The maximum atomic E-state index is 12.3. The smallest absolute Gasteiger partial charge is 0.480 e. The molecule has 0 amide bonds. The molecule has 0 bridgehead atoms. The molecule has 11 atom stereocenters. The van der Waals surface area contributed by atoms with Crippen LogP contribution in [0.15, 0.2) is 12.7 Å². The van der Waals surface area contributed by atoms with E-state index in [1.165, 1.54) is 10.9 Å². The number of nitrogen functional groups attached to an aromatic ring is 1. The quantitative estimate of drug-likeness (QED) is 0.0940. The Balaban J connectivity index is 1.29. The lowest BCUT2D eigenvalue weighted by molar-refractivity contribution is -0.175. The van der Waals surface area contributed by atoms with Crippen LogP contribution in [-0.4, -0.2) is 130 Å². The van der Waals surface area contributed by atoms with Crippen LogP contribution in [0.1, 0.15) is 6.23 Å². The number of aliphatic carboxylic acids is 1. The largest absolute Gasteiger partial charge is 0.481 e. The minimum absolute atomic E-state index is 0.0412. The van der Waals surface area contributed by atoms with E-state index in [1.807, 2.05) is 0 Å². The Bertz CT molecular complexity index is 1370. The van der Waals surface area contributed by atoms with E-state index in [9.17, 15) is 44.1 Å². The molecule has 2 aromatic rings. The summed E-state index contributed by atoms with van der Waals surface area (Å²) in [6, 6.07) is -1.47. The molecule has 0 spiro atoms. The number of carboxylic acid groups (broad SMARTS) is 1. The number of aliphatic hydroxyl groups is 4. The fraction of sp³-hybridized carbons (Fsp3) is 0.667. The van der Waals surface area contributed by atoms with Crippen LogP contribution in [0.3, 0.4) is 0 Å². The van der Waals surface area contributed by atoms with Gasteiger partial charge >= 0.3 is 21.6 Å². The highest BCUT2D eigenvalue weighted by Gasteiger charge is 2.48. The number of anilines is 1. The van der Waals surface area contributed by atoms with Crippen molar-refractivity contribution in [3.8, 4) is 0 Å². The fourth-order valence-electron chi connectivity index (χ4n) is 3.93. The zero-order valence-corrected chi connectivity index (χ0v) is 22.9. The summed E-state index contributed by atoms with van der Waals surface area (Å²) in [4.78, 5) is 42.4. The number of aliphatic hydroxyl groups excluding tert-OH is 4. The van der Waals surface area contributed by atoms with Crippen LogP contribution in [-0.2, 0) is 41.5 Å². The van der Waals surface area contributed by atoms with Gasteiger partial charge in [-0.15, -0.1) is 0 Å². The average molecular weight is 646 g/mol. The number of fused-ring (bicyclic) bond motifs is 1. The highest BCUT2D eigenvalue weighted by atomic mass is 31.3. The van der Waals surface area contributed by atoms with Gasteiger partial charge in [-0.2, -0.15) is 4.31 Å². The van der Waals surface area contributed by atoms with Crippen LogP contribution in [0, 0.1) is 0 Å². The molecule has 0 aromatic carbocycles. The topological polar surface area (TPSA) is 344 Å². The number of carboxylic acids is 1. The zero-order valence-electron chi connectivity index (χ0n) is 21.1. The average Bonchev–Trinajstić information content (AvgIpc) is 3.55. The number of rotatable bonds is 13. The van der Waals surface area contributed by atoms with Crippen LogP contribution in [0.4, 0.5) is 5.82 Å². The van der Waals surface area contributed by atoms with Gasteiger partial charge in [0.15, 0.2) is 24.0 Å². The SMILES string of the molecule is Nc1ncnc2c1ncn2[C@@H]1O[C@H](COP(=O)(O)OP(=O)(O)OC[C@H]2O[C@H](OC[C@H](N)C(=O)O)[C@H](O)[C@@H]2O)[C@@H](O)[C@H]1O. The monoisotopic (exact) mass is 646 g/mol. The molecule has 42 heavy (non-hydrogen) atoms. The Morgan fingerprint density at radius 1 is 0.976 bits per heavy atom. The van der Waals surface area contributed by atoms with Crippen molar-refractivity contribution >= 4 is 38.6 Å². The van der Waals surface area contributed by atoms with Crippen molar-refractivity contribution in [1.82, 2.24) is 19.5 Å². The normalized spacial score (nSPS) is 33.4.